The molecule has 4 heteroatoms. The third-order valence-corrected chi connectivity index (χ3v) is 1.93. The molecule has 1 aromatic heterocycles. The minimum Gasteiger partial charge on any atom is -0.340 e. The molecule has 3 N–H and O–H groups in total. The van der Waals surface area contributed by atoms with Crippen LogP contribution in [0.1, 0.15) is 5.82 Å². The van der Waals surface area contributed by atoms with Crippen molar-refractivity contribution in [1.82, 2.24) is 9.97 Å². The smallest absolute Gasteiger partial charge is 0.144 e. The first-order chi connectivity index (χ1) is 7.38. The van der Waals surface area contributed by atoms with Crippen molar-refractivity contribution in [2.45, 2.75) is 6.54 Å². The van der Waals surface area contributed by atoms with Gasteiger partial charge in [-0.2, -0.15) is 0 Å². The quantitative estimate of drug-likeness (QED) is 0.791. The van der Waals surface area contributed by atoms with Crippen LogP contribution in [0, 0.1) is 0 Å². The Morgan fingerprint density at radius 2 is 1.93 bits per heavy atom. The van der Waals surface area contributed by atoms with Crippen LogP contribution < -0.4 is 11.1 Å². The normalized spacial score (nSPS) is 9.93. The van der Waals surface area contributed by atoms with E-state index >= 15 is 0 Å². The summed E-state index contributed by atoms with van der Waals surface area (Å²) in [6, 6.07) is 11.7. The van der Waals surface area contributed by atoms with E-state index in [1.807, 2.05) is 36.4 Å². The molecule has 0 bridgehead atoms. The molecule has 0 atom stereocenters. The predicted octanol–water partition coefficient (Wildman–Crippen LogP) is 1.68. The second-order valence-electron chi connectivity index (χ2n) is 3.05. The van der Waals surface area contributed by atoms with Crippen LogP contribution in [0.5, 0.6) is 0 Å². The average molecular weight is 200 g/mol. The van der Waals surface area contributed by atoms with Crippen molar-refractivity contribution in [3.63, 3.8) is 0 Å². The first kappa shape index (κ1) is 9.61. The van der Waals surface area contributed by atoms with E-state index in [0.717, 1.165) is 11.5 Å². The van der Waals surface area contributed by atoms with Crippen LogP contribution in [0.2, 0.25) is 0 Å². The number of benzene rings is 1. The van der Waals surface area contributed by atoms with Crippen LogP contribution in [0.3, 0.4) is 0 Å². The van der Waals surface area contributed by atoms with Crippen molar-refractivity contribution >= 4 is 11.5 Å². The number of nitrogens with zero attached hydrogens (tertiary/aromatic N) is 2. The first-order valence-electron chi connectivity index (χ1n) is 4.72. The number of nitrogens with two attached hydrogens (primary N) is 1. The van der Waals surface area contributed by atoms with Gasteiger partial charge in [-0.3, -0.25) is 0 Å². The average Bonchev–Trinajstić information content (AvgIpc) is 2.31. The highest BCUT2D eigenvalue weighted by Gasteiger charge is 1.97. The molecule has 0 saturated carbocycles. The first-order valence-corrected chi connectivity index (χ1v) is 4.72. The fraction of sp³-hybridized carbons (Fsp3) is 0.0909. The highest BCUT2D eigenvalue weighted by Crippen LogP contribution is 2.12. The molecule has 0 aliphatic carbocycles. The Morgan fingerprint density at radius 1 is 1.13 bits per heavy atom. The number of hydrogen-bond acceptors (Lipinski definition) is 4. The van der Waals surface area contributed by atoms with Gasteiger partial charge >= 0.3 is 0 Å². The van der Waals surface area contributed by atoms with Gasteiger partial charge in [0.15, 0.2) is 0 Å². The molecule has 0 aliphatic heterocycles. The molecule has 0 aliphatic rings. The zero-order chi connectivity index (χ0) is 10.5. The summed E-state index contributed by atoms with van der Waals surface area (Å²) in [5, 5.41) is 3.17. The van der Waals surface area contributed by atoms with Gasteiger partial charge in [-0.05, 0) is 18.2 Å². The summed E-state index contributed by atoms with van der Waals surface area (Å²) >= 11 is 0. The summed E-state index contributed by atoms with van der Waals surface area (Å²) in [5.74, 6) is 1.40. The zero-order valence-corrected chi connectivity index (χ0v) is 8.22. The van der Waals surface area contributed by atoms with E-state index in [0.29, 0.717) is 12.4 Å². The van der Waals surface area contributed by atoms with E-state index in [4.69, 9.17) is 5.73 Å². The monoisotopic (exact) mass is 200 g/mol. The van der Waals surface area contributed by atoms with Crippen molar-refractivity contribution in [3.8, 4) is 0 Å². The molecule has 4 nitrogen and oxygen atoms in total. The standard InChI is InChI=1S/C11H12N4/c12-8-11-13-7-6-10(15-11)14-9-4-2-1-3-5-9/h1-7H,8,12H2,(H,13,14,15). The van der Waals surface area contributed by atoms with Crippen LogP contribution in [0.15, 0.2) is 42.6 Å². The molecule has 0 amide bonds. The molecule has 15 heavy (non-hydrogen) atoms. The second kappa shape index (κ2) is 4.52. The van der Waals surface area contributed by atoms with Crippen LogP contribution >= 0.6 is 0 Å². The maximum absolute atomic E-state index is 5.46. The van der Waals surface area contributed by atoms with Gasteiger partial charge in [0.25, 0.3) is 0 Å². The van der Waals surface area contributed by atoms with Crippen molar-refractivity contribution < 1.29 is 0 Å². The van der Waals surface area contributed by atoms with Crippen molar-refractivity contribution in [2.75, 3.05) is 5.32 Å². The van der Waals surface area contributed by atoms with Gasteiger partial charge in [0.05, 0.1) is 6.54 Å². The topological polar surface area (TPSA) is 63.8 Å². The molecular formula is C11H12N4. The minimum absolute atomic E-state index is 0.351. The molecule has 2 aromatic rings. The predicted molar refractivity (Wildman–Crippen MR) is 59.6 cm³/mol. The van der Waals surface area contributed by atoms with Gasteiger partial charge < -0.3 is 11.1 Å². The molecular weight excluding hydrogens is 188 g/mol. The van der Waals surface area contributed by atoms with E-state index in [1.54, 1.807) is 6.20 Å². The Balaban J connectivity index is 2.17. The molecule has 0 fully saturated rings. The van der Waals surface area contributed by atoms with Crippen LogP contribution in [0.4, 0.5) is 11.5 Å². The number of para-hydroxylation sites is 1. The van der Waals surface area contributed by atoms with Gasteiger partial charge in [-0.15, -0.1) is 0 Å². The van der Waals surface area contributed by atoms with E-state index < -0.39 is 0 Å². The maximum atomic E-state index is 5.46. The van der Waals surface area contributed by atoms with Crippen molar-refractivity contribution in [2.24, 2.45) is 5.73 Å². The van der Waals surface area contributed by atoms with Gasteiger partial charge in [0, 0.05) is 11.9 Å². The van der Waals surface area contributed by atoms with Gasteiger partial charge in [-0.1, -0.05) is 18.2 Å². The molecule has 0 spiro atoms. The second-order valence-corrected chi connectivity index (χ2v) is 3.05. The Kier molecular flexibility index (Phi) is 2.90. The Morgan fingerprint density at radius 3 is 2.67 bits per heavy atom. The Labute approximate surface area is 88.2 Å². The lowest BCUT2D eigenvalue weighted by atomic mass is 10.3. The maximum Gasteiger partial charge on any atom is 0.144 e. The van der Waals surface area contributed by atoms with E-state index in [9.17, 15) is 0 Å². The highest BCUT2D eigenvalue weighted by molar-refractivity contribution is 5.55. The fourth-order valence-corrected chi connectivity index (χ4v) is 1.24. The molecule has 1 heterocycles. The summed E-state index contributed by atoms with van der Waals surface area (Å²) in [6.07, 6.45) is 1.69. The molecule has 0 saturated heterocycles. The zero-order valence-electron chi connectivity index (χ0n) is 8.22. The van der Waals surface area contributed by atoms with E-state index in [2.05, 4.69) is 15.3 Å². The molecule has 2 rings (SSSR count). The third kappa shape index (κ3) is 2.51. The summed E-state index contributed by atoms with van der Waals surface area (Å²) in [7, 11) is 0. The van der Waals surface area contributed by atoms with Gasteiger partial charge in [0.2, 0.25) is 0 Å². The van der Waals surface area contributed by atoms with E-state index in [-0.39, 0.29) is 0 Å². The molecule has 0 radical (unpaired) electrons. The summed E-state index contributed by atoms with van der Waals surface area (Å²) in [6.45, 7) is 0.351. The van der Waals surface area contributed by atoms with E-state index in [1.165, 1.54) is 0 Å². The number of aromatic nitrogens is 2. The Bertz CT molecular complexity index is 428. The van der Waals surface area contributed by atoms with Crippen LogP contribution in [-0.2, 0) is 6.54 Å². The number of rotatable bonds is 3. The summed E-state index contributed by atoms with van der Waals surface area (Å²) in [5.41, 5.74) is 6.46. The lowest BCUT2D eigenvalue weighted by molar-refractivity contribution is 0.912. The largest absolute Gasteiger partial charge is 0.340 e. The highest BCUT2D eigenvalue weighted by atomic mass is 15.0. The molecule has 76 valence electrons. The van der Waals surface area contributed by atoms with Crippen LogP contribution in [-0.4, -0.2) is 9.97 Å². The summed E-state index contributed by atoms with van der Waals surface area (Å²) in [4.78, 5) is 8.26. The van der Waals surface area contributed by atoms with Gasteiger partial charge in [-0.25, -0.2) is 9.97 Å². The lowest BCUT2D eigenvalue weighted by Crippen LogP contribution is -2.04. The minimum atomic E-state index is 0.351. The SMILES string of the molecule is NCc1nccc(Nc2ccccc2)n1. The lowest BCUT2D eigenvalue weighted by Gasteiger charge is -2.05. The molecule has 1 aromatic carbocycles. The molecule has 0 unspecified atom stereocenters. The Hall–Kier alpha value is -1.94. The van der Waals surface area contributed by atoms with Crippen molar-refractivity contribution in [1.29, 1.82) is 0 Å². The fourth-order valence-electron chi connectivity index (χ4n) is 1.24. The van der Waals surface area contributed by atoms with Crippen molar-refractivity contribution in [3.05, 3.63) is 48.4 Å². The number of hydrogen-bond donors (Lipinski definition) is 2. The summed E-state index contributed by atoms with van der Waals surface area (Å²) < 4.78 is 0. The van der Waals surface area contributed by atoms with Gasteiger partial charge in [0.1, 0.15) is 11.6 Å². The number of nitrogens with one attached hydrogen (secondary N) is 1. The third-order valence-electron chi connectivity index (χ3n) is 1.93. The number of anilines is 2. The van der Waals surface area contributed by atoms with Crippen LogP contribution in [0.25, 0.3) is 0 Å².